The molecule has 1 aromatic carbocycles. The molecule has 0 aliphatic heterocycles. The van der Waals surface area contributed by atoms with Crippen molar-refractivity contribution in [1.29, 1.82) is 0 Å². The minimum atomic E-state index is -2.79. The zero-order valence-electron chi connectivity index (χ0n) is 6.06. The summed E-state index contributed by atoms with van der Waals surface area (Å²) < 4.78 is 28.3. The number of hydrogen-bond acceptors (Lipinski definition) is 1. The summed E-state index contributed by atoms with van der Waals surface area (Å²) in [5.41, 5.74) is 0.625. The normalized spacial score (nSPS) is 10.4. The highest BCUT2D eigenvalue weighted by Gasteiger charge is 2.04. The van der Waals surface area contributed by atoms with Gasteiger partial charge in [-0.3, -0.25) is 0 Å². The summed E-state index contributed by atoms with van der Waals surface area (Å²) in [6.45, 7) is 0.802. The second kappa shape index (κ2) is 3.85. The maximum absolute atomic E-state index is 11.7. The third-order valence-electron chi connectivity index (χ3n) is 1.16. The van der Waals surface area contributed by atoms with Crippen LogP contribution in [0.15, 0.2) is 22.7 Å². The lowest BCUT2D eigenvalue weighted by atomic mass is 10.2. The Hall–Kier alpha value is -0.640. The van der Waals surface area contributed by atoms with E-state index >= 15 is 0 Å². The summed E-state index contributed by atoms with van der Waals surface area (Å²) in [6, 6.07) is 4.61. The highest BCUT2D eigenvalue weighted by molar-refractivity contribution is 9.10. The molecule has 65 valence electrons. The van der Waals surface area contributed by atoms with Crippen LogP contribution < -0.4 is 4.74 Å². The quantitative estimate of drug-likeness (QED) is 0.765. The van der Waals surface area contributed by atoms with Crippen LogP contribution in [0.2, 0.25) is 0 Å². The molecule has 0 bridgehead atoms. The van der Waals surface area contributed by atoms with Crippen LogP contribution in [-0.4, -0.2) is 6.61 Å². The van der Waals surface area contributed by atoms with E-state index < -0.39 is 6.61 Å². The van der Waals surface area contributed by atoms with Gasteiger partial charge >= 0.3 is 6.61 Å². The first kappa shape index (κ1) is 9.45. The largest absolute Gasteiger partial charge is 0.435 e. The number of halogens is 3. The van der Waals surface area contributed by atoms with E-state index in [1.165, 1.54) is 12.1 Å². The molecule has 0 N–H and O–H groups in total. The lowest BCUT2D eigenvalue weighted by Gasteiger charge is -2.05. The average molecular weight is 236 g/mol. The fourth-order valence-electron chi connectivity index (χ4n) is 0.792. The van der Waals surface area contributed by atoms with Crippen LogP contribution in [0.3, 0.4) is 0 Å². The van der Waals surface area contributed by atoms with Crippen LogP contribution in [0.4, 0.5) is 8.78 Å². The highest BCUT2D eigenvalue weighted by atomic mass is 79.9. The first-order valence-corrected chi connectivity index (χ1v) is 3.94. The highest BCUT2D eigenvalue weighted by Crippen LogP contribution is 2.22. The van der Waals surface area contributed by atoms with Gasteiger partial charge in [0.2, 0.25) is 0 Å². The predicted molar refractivity (Wildman–Crippen MR) is 45.2 cm³/mol. The zero-order chi connectivity index (χ0) is 9.14. The Morgan fingerprint density at radius 1 is 1.33 bits per heavy atom. The molecule has 0 aliphatic rings. The first-order chi connectivity index (χ1) is 5.58. The van der Waals surface area contributed by atoms with Gasteiger partial charge in [-0.25, -0.2) is 0 Å². The Kier molecular flexibility index (Phi) is 3.03. The maximum atomic E-state index is 11.7. The van der Waals surface area contributed by atoms with Crippen molar-refractivity contribution in [1.82, 2.24) is 0 Å². The predicted octanol–water partition coefficient (Wildman–Crippen LogP) is 3.23. The SMILES string of the molecule is [CH2]c1cc(Br)cc(OC(F)F)c1. The van der Waals surface area contributed by atoms with Crippen molar-refractivity contribution in [2.24, 2.45) is 0 Å². The molecule has 1 aromatic rings. The minimum absolute atomic E-state index is 0.115. The van der Waals surface area contributed by atoms with Crippen molar-refractivity contribution in [2.75, 3.05) is 0 Å². The summed E-state index contributed by atoms with van der Waals surface area (Å²) in [5, 5.41) is 0. The number of hydrogen-bond donors (Lipinski definition) is 0. The molecule has 0 unspecified atom stereocenters. The molecular formula is C8H6BrF2O. The summed E-state index contributed by atoms with van der Waals surface area (Å²) in [6.07, 6.45) is 0. The second-order valence-corrected chi connectivity index (χ2v) is 3.09. The number of ether oxygens (including phenoxy) is 1. The van der Waals surface area contributed by atoms with Gasteiger partial charge in [0.05, 0.1) is 0 Å². The molecular weight excluding hydrogens is 230 g/mol. The number of alkyl halides is 2. The van der Waals surface area contributed by atoms with Gasteiger partial charge in [-0.1, -0.05) is 15.9 Å². The molecule has 12 heavy (non-hydrogen) atoms. The van der Waals surface area contributed by atoms with Gasteiger partial charge in [0.15, 0.2) is 0 Å². The van der Waals surface area contributed by atoms with Gasteiger partial charge in [0.25, 0.3) is 0 Å². The molecule has 0 aromatic heterocycles. The second-order valence-electron chi connectivity index (χ2n) is 2.17. The van der Waals surface area contributed by atoms with Gasteiger partial charge in [0, 0.05) is 4.47 Å². The first-order valence-electron chi connectivity index (χ1n) is 3.15. The van der Waals surface area contributed by atoms with Crippen molar-refractivity contribution in [2.45, 2.75) is 6.61 Å². The molecule has 0 atom stereocenters. The lowest BCUT2D eigenvalue weighted by Crippen LogP contribution is -2.01. The smallest absolute Gasteiger partial charge is 0.387 e. The molecule has 1 nitrogen and oxygen atoms in total. The maximum Gasteiger partial charge on any atom is 0.387 e. The molecule has 0 aliphatic carbocycles. The summed E-state index contributed by atoms with van der Waals surface area (Å²) in [7, 11) is 0. The fourth-order valence-corrected chi connectivity index (χ4v) is 1.31. The monoisotopic (exact) mass is 235 g/mol. The molecule has 0 amide bonds. The number of benzene rings is 1. The average Bonchev–Trinajstić information content (AvgIpc) is 1.81. The third-order valence-corrected chi connectivity index (χ3v) is 1.61. The Balaban J connectivity index is 2.85. The van der Waals surface area contributed by atoms with Gasteiger partial charge in [-0.15, -0.1) is 0 Å². The van der Waals surface area contributed by atoms with Gasteiger partial charge < -0.3 is 4.74 Å². The van der Waals surface area contributed by atoms with E-state index in [9.17, 15) is 8.78 Å². The summed E-state index contributed by atoms with van der Waals surface area (Å²) in [4.78, 5) is 0. The Morgan fingerprint density at radius 3 is 2.50 bits per heavy atom. The molecule has 1 rings (SSSR count). The molecule has 0 saturated heterocycles. The fraction of sp³-hybridized carbons (Fsp3) is 0.125. The molecule has 1 radical (unpaired) electrons. The van der Waals surface area contributed by atoms with Crippen LogP contribution >= 0.6 is 15.9 Å². The van der Waals surface area contributed by atoms with Crippen molar-refractivity contribution < 1.29 is 13.5 Å². The van der Waals surface area contributed by atoms with Crippen LogP contribution in [-0.2, 0) is 0 Å². The van der Waals surface area contributed by atoms with E-state index in [-0.39, 0.29) is 5.75 Å². The van der Waals surface area contributed by atoms with Crippen molar-refractivity contribution in [3.8, 4) is 5.75 Å². The molecule has 0 saturated carbocycles. The van der Waals surface area contributed by atoms with Crippen LogP contribution in [0, 0.1) is 6.92 Å². The molecule has 0 heterocycles. The molecule has 4 heteroatoms. The zero-order valence-corrected chi connectivity index (χ0v) is 7.64. The standard InChI is InChI=1S/C8H6BrF2O/c1-5-2-6(9)4-7(3-5)12-8(10)11/h2-4,8H,1H2. The van der Waals surface area contributed by atoms with Crippen LogP contribution in [0.5, 0.6) is 5.75 Å². The van der Waals surface area contributed by atoms with Gasteiger partial charge in [-0.05, 0) is 30.7 Å². The van der Waals surface area contributed by atoms with E-state index in [1.54, 1.807) is 6.07 Å². The van der Waals surface area contributed by atoms with E-state index in [0.29, 0.717) is 10.0 Å². The Morgan fingerprint density at radius 2 is 2.00 bits per heavy atom. The lowest BCUT2D eigenvalue weighted by molar-refractivity contribution is -0.0498. The van der Waals surface area contributed by atoms with Gasteiger partial charge in [0.1, 0.15) is 5.75 Å². The molecule has 0 fully saturated rings. The van der Waals surface area contributed by atoms with E-state index in [1.807, 2.05) is 0 Å². The van der Waals surface area contributed by atoms with E-state index in [0.717, 1.165) is 0 Å². The third kappa shape index (κ3) is 2.77. The number of rotatable bonds is 2. The summed E-state index contributed by atoms with van der Waals surface area (Å²) in [5.74, 6) is 0.115. The Bertz CT molecular complexity index is 256. The van der Waals surface area contributed by atoms with Gasteiger partial charge in [-0.2, -0.15) is 8.78 Å². The van der Waals surface area contributed by atoms with Crippen molar-refractivity contribution in [3.63, 3.8) is 0 Å². The van der Waals surface area contributed by atoms with Crippen molar-refractivity contribution in [3.05, 3.63) is 35.2 Å². The van der Waals surface area contributed by atoms with Crippen LogP contribution in [0.1, 0.15) is 5.56 Å². The Labute approximate surface area is 77.5 Å². The van der Waals surface area contributed by atoms with E-state index in [4.69, 9.17) is 0 Å². The van der Waals surface area contributed by atoms with Crippen molar-refractivity contribution >= 4 is 15.9 Å². The minimum Gasteiger partial charge on any atom is -0.435 e. The topological polar surface area (TPSA) is 9.23 Å². The molecule has 0 spiro atoms. The van der Waals surface area contributed by atoms with E-state index in [2.05, 4.69) is 27.6 Å². The van der Waals surface area contributed by atoms with Crippen LogP contribution in [0.25, 0.3) is 0 Å². The summed E-state index contributed by atoms with van der Waals surface area (Å²) >= 11 is 3.14.